The van der Waals surface area contributed by atoms with Crippen molar-refractivity contribution in [1.82, 2.24) is 15.1 Å². The van der Waals surface area contributed by atoms with Crippen molar-refractivity contribution < 1.29 is 0 Å². The number of H-pyrrole nitrogens is 1. The normalized spacial score (nSPS) is 25.7. The smallest absolute Gasteiger partial charge is 0.0651 e. The molecule has 3 fully saturated rings. The first kappa shape index (κ1) is 15.9. The minimum Gasteiger partial charge on any atom is -0.378 e. The molecule has 4 heteroatoms. The van der Waals surface area contributed by atoms with Crippen LogP contribution in [0, 0.1) is 6.92 Å². The number of aromatic amines is 1. The number of hydrogen-bond donors (Lipinski definition) is 2. The first-order valence-corrected chi connectivity index (χ1v) is 9.70. The molecule has 0 spiro atoms. The predicted octanol–water partition coefficient (Wildman–Crippen LogP) is 4.48. The highest BCUT2D eigenvalue weighted by molar-refractivity contribution is 5.81. The van der Waals surface area contributed by atoms with Crippen molar-refractivity contribution in [1.29, 1.82) is 0 Å². The van der Waals surface area contributed by atoms with E-state index in [-0.39, 0.29) is 5.54 Å². The van der Waals surface area contributed by atoms with Crippen LogP contribution in [-0.4, -0.2) is 33.2 Å². The van der Waals surface area contributed by atoms with E-state index in [2.05, 4.69) is 69.8 Å². The van der Waals surface area contributed by atoms with Crippen molar-refractivity contribution in [2.24, 2.45) is 0 Å². The van der Waals surface area contributed by atoms with Gasteiger partial charge in [0.2, 0.25) is 0 Å². The zero-order chi connectivity index (χ0) is 17.6. The highest BCUT2D eigenvalue weighted by Gasteiger charge is 2.44. The van der Waals surface area contributed by atoms with E-state index in [9.17, 15) is 0 Å². The Balaban J connectivity index is 1.35. The minimum atomic E-state index is 0.205. The minimum absolute atomic E-state index is 0.205. The maximum atomic E-state index is 4.14. The Morgan fingerprint density at radius 1 is 1.15 bits per heavy atom. The summed E-state index contributed by atoms with van der Waals surface area (Å²) in [5.74, 6) is 0. The van der Waals surface area contributed by atoms with Crippen molar-refractivity contribution in [2.45, 2.75) is 50.7 Å². The second-order valence-electron chi connectivity index (χ2n) is 8.20. The number of fused-ring (bicyclic) bond motifs is 4. The summed E-state index contributed by atoms with van der Waals surface area (Å²) in [5.41, 5.74) is 5.28. The van der Waals surface area contributed by atoms with Gasteiger partial charge in [-0.15, -0.1) is 0 Å². The molecule has 2 N–H and O–H groups in total. The fourth-order valence-corrected chi connectivity index (χ4v) is 4.80. The Morgan fingerprint density at radius 3 is 2.77 bits per heavy atom. The summed E-state index contributed by atoms with van der Waals surface area (Å²) < 4.78 is 0. The number of nitrogens with one attached hydrogen (secondary N) is 2. The fourth-order valence-electron chi connectivity index (χ4n) is 4.80. The molecule has 2 aromatic carbocycles. The number of piperidine rings is 2. The molecule has 6 rings (SSSR count). The first-order valence-electron chi connectivity index (χ1n) is 9.70. The van der Waals surface area contributed by atoms with E-state index < -0.39 is 0 Å². The van der Waals surface area contributed by atoms with E-state index in [1.807, 2.05) is 6.20 Å². The number of benzene rings is 2. The third kappa shape index (κ3) is 2.88. The molecule has 2 bridgehead atoms. The lowest BCUT2D eigenvalue weighted by Crippen LogP contribution is -2.60. The van der Waals surface area contributed by atoms with Gasteiger partial charge in [0.25, 0.3) is 0 Å². The second kappa shape index (κ2) is 6.13. The number of aromatic nitrogens is 2. The maximum absolute atomic E-state index is 4.14. The highest BCUT2D eigenvalue weighted by Crippen LogP contribution is 2.41. The van der Waals surface area contributed by atoms with Crippen LogP contribution in [0.1, 0.15) is 36.8 Å². The molecule has 0 amide bonds. The van der Waals surface area contributed by atoms with Gasteiger partial charge in [-0.05, 0) is 56.4 Å². The molecule has 2 saturated heterocycles. The molecule has 0 radical (unpaired) electrons. The van der Waals surface area contributed by atoms with Gasteiger partial charge in [0.1, 0.15) is 0 Å². The molecule has 1 saturated carbocycles. The lowest BCUT2D eigenvalue weighted by atomic mass is 9.73. The average molecular weight is 346 g/mol. The molecule has 134 valence electrons. The Hall–Kier alpha value is -2.33. The Labute approximate surface area is 154 Å². The molecule has 3 aromatic rings. The lowest BCUT2D eigenvalue weighted by Gasteiger charge is -2.53. The topological polar surface area (TPSA) is 44.0 Å². The monoisotopic (exact) mass is 346 g/mol. The van der Waals surface area contributed by atoms with Gasteiger partial charge in [-0.3, -0.25) is 10.00 Å². The summed E-state index contributed by atoms with van der Waals surface area (Å²) in [7, 11) is 0. The van der Waals surface area contributed by atoms with E-state index >= 15 is 0 Å². The van der Waals surface area contributed by atoms with Crippen LogP contribution >= 0.6 is 0 Å². The van der Waals surface area contributed by atoms with Gasteiger partial charge in [0, 0.05) is 30.2 Å². The average Bonchev–Trinajstić information content (AvgIpc) is 3.12. The van der Waals surface area contributed by atoms with Crippen LogP contribution in [0.15, 0.2) is 48.7 Å². The molecule has 1 aliphatic carbocycles. The quantitative estimate of drug-likeness (QED) is 0.732. The number of nitrogens with zero attached hydrogens (tertiary/aromatic N) is 2. The predicted molar refractivity (Wildman–Crippen MR) is 106 cm³/mol. The number of rotatable bonds is 4. The van der Waals surface area contributed by atoms with Crippen LogP contribution < -0.4 is 5.32 Å². The lowest BCUT2D eigenvalue weighted by molar-refractivity contribution is 0.0338. The van der Waals surface area contributed by atoms with Crippen LogP contribution in [-0.2, 0) is 6.54 Å². The Kier molecular flexibility index (Phi) is 3.75. The van der Waals surface area contributed by atoms with Crippen LogP contribution in [0.2, 0.25) is 0 Å². The summed E-state index contributed by atoms with van der Waals surface area (Å²) in [6.45, 7) is 4.35. The molecule has 4 nitrogen and oxygen atoms in total. The molecule has 0 atom stereocenters. The molecule has 3 heterocycles. The second-order valence-corrected chi connectivity index (χ2v) is 8.20. The molecule has 2 aliphatic heterocycles. The number of anilines is 1. The van der Waals surface area contributed by atoms with Gasteiger partial charge >= 0.3 is 0 Å². The van der Waals surface area contributed by atoms with Crippen molar-refractivity contribution in [3.8, 4) is 0 Å². The zero-order valence-corrected chi connectivity index (χ0v) is 15.3. The van der Waals surface area contributed by atoms with Gasteiger partial charge in [0.15, 0.2) is 0 Å². The van der Waals surface area contributed by atoms with E-state index in [0.717, 1.165) is 24.6 Å². The molecule has 3 aliphatic rings. The van der Waals surface area contributed by atoms with Crippen LogP contribution in [0.3, 0.4) is 0 Å². The van der Waals surface area contributed by atoms with Crippen LogP contribution in [0.25, 0.3) is 10.9 Å². The van der Waals surface area contributed by atoms with Crippen LogP contribution in [0.4, 0.5) is 5.69 Å². The van der Waals surface area contributed by atoms with E-state index in [1.165, 1.54) is 47.9 Å². The SMILES string of the molecule is Cc1ccc(CN2CC3(Nc4ccc5[nH]ncc5c4)CCC2CC3)cc1. The number of aryl methyl sites for hydroxylation is 1. The standard InChI is InChI=1S/C22H26N4/c1-16-2-4-17(5-3-16)14-26-15-22(10-8-20(26)9-11-22)24-19-6-7-21-18(12-19)13-23-25-21/h2-7,12-13,20,24H,8-11,14-15H2,1H3,(H,23,25). The molecule has 0 unspecified atom stereocenters. The van der Waals surface area contributed by atoms with Gasteiger partial charge in [0.05, 0.1) is 17.3 Å². The van der Waals surface area contributed by atoms with Crippen molar-refractivity contribution in [2.75, 3.05) is 11.9 Å². The Bertz CT molecular complexity index is 903. The summed E-state index contributed by atoms with van der Waals surface area (Å²) >= 11 is 0. The zero-order valence-electron chi connectivity index (χ0n) is 15.3. The van der Waals surface area contributed by atoms with Gasteiger partial charge in [-0.25, -0.2) is 0 Å². The van der Waals surface area contributed by atoms with E-state index in [0.29, 0.717) is 0 Å². The largest absolute Gasteiger partial charge is 0.378 e. The van der Waals surface area contributed by atoms with Crippen LogP contribution in [0.5, 0.6) is 0 Å². The summed E-state index contributed by atoms with van der Waals surface area (Å²) in [6, 6.07) is 16.3. The van der Waals surface area contributed by atoms with Crippen molar-refractivity contribution >= 4 is 16.6 Å². The van der Waals surface area contributed by atoms with E-state index in [1.54, 1.807) is 0 Å². The van der Waals surface area contributed by atoms with Gasteiger partial charge in [-0.1, -0.05) is 29.8 Å². The third-order valence-electron chi connectivity index (χ3n) is 6.29. The van der Waals surface area contributed by atoms with Crippen molar-refractivity contribution in [3.63, 3.8) is 0 Å². The van der Waals surface area contributed by atoms with Gasteiger partial charge < -0.3 is 5.32 Å². The maximum Gasteiger partial charge on any atom is 0.0651 e. The molecule has 1 aromatic heterocycles. The number of hydrogen-bond acceptors (Lipinski definition) is 3. The summed E-state index contributed by atoms with van der Waals surface area (Å²) in [6.07, 6.45) is 7.04. The Morgan fingerprint density at radius 2 is 1.96 bits per heavy atom. The summed E-state index contributed by atoms with van der Waals surface area (Å²) in [5, 5.41) is 12.3. The van der Waals surface area contributed by atoms with Gasteiger partial charge in [-0.2, -0.15) is 5.10 Å². The molecular formula is C22H26N4. The molecule has 26 heavy (non-hydrogen) atoms. The van der Waals surface area contributed by atoms with Crippen molar-refractivity contribution in [3.05, 3.63) is 59.8 Å². The summed E-state index contributed by atoms with van der Waals surface area (Å²) in [4.78, 5) is 2.70. The highest BCUT2D eigenvalue weighted by atomic mass is 15.2. The van der Waals surface area contributed by atoms with E-state index in [4.69, 9.17) is 0 Å². The molecular weight excluding hydrogens is 320 g/mol. The fraction of sp³-hybridized carbons (Fsp3) is 0.409. The first-order chi connectivity index (χ1) is 12.7. The third-order valence-corrected chi connectivity index (χ3v) is 6.29.